The van der Waals surface area contributed by atoms with Crippen molar-refractivity contribution in [2.75, 3.05) is 25.5 Å². The predicted octanol–water partition coefficient (Wildman–Crippen LogP) is 2.64. The van der Waals surface area contributed by atoms with E-state index in [1.807, 2.05) is 27.7 Å². The minimum atomic E-state index is -0.553. The van der Waals surface area contributed by atoms with Crippen LogP contribution >= 0.6 is 11.6 Å². The Hall–Kier alpha value is -2.14. The SMILES string of the molecule is CC1CC(NCCN(C)C(=O)OC(C)(C)C)NC(NC(=O)Nc2ccc(F)c(Cl)c2)N1. The van der Waals surface area contributed by atoms with E-state index in [-0.39, 0.29) is 23.3 Å². The Kier molecular flexibility index (Phi) is 8.87. The van der Waals surface area contributed by atoms with Gasteiger partial charge in [-0.1, -0.05) is 11.6 Å². The molecular weight excluding hydrogens is 427 g/mol. The van der Waals surface area contributed by atoms with E-state index >= 15 is 0 Å². The van der Waals surface area contributed by atoms with E-state index in [0.29, 0.717) is 18.8 Å². The molecular formula is C20H32ClFN6O3. The molecule has 1 aliphatic rings. The Bertz CT molecular complexity index is 776. The molecule has 5 N–H and O–H groups in total. The second-order valence-electron chi connectivity index (χ2n) is 8.54. The lowest BCUT2D eigenvalue weighted by Gasteiger charge is -2.37. The highest BCUT2D eigenvalue weighted by Crippen LogP contribution is 2.19. The molecule has 1 saturated heterocycles. The summed E-state index contributed by atoms with van der Waals surface area (Å²) in [5.41, 5.74) is -0.156. The van der Waals surface area contributed by atoms with Gasteiger partial charge in [-0.15, -0.1) is 0 Å². The van der Waals surface area contributed by atoms with Crippen molar-refractivity contribution >= 4 is 29.4 Å². The first-order valence-electron chi connectivity index (χ1n) is 10.1. The smallest absolute Gasteiger partial charge is 0.410 e. The molecule has 0 spiro atoms. The molecule has 11 heteroatoms. The van der Waals surface area contributed by atoms with Crippen LogP contribution in [-0.4, -0.2) is 61.3 Å². The van der Waals surface area contributed by atoms with Crippen LogP contribution in [0.5, 0.6) is 0 Å². The van der Waals surface area contributed by atoms with E-state index < -0.39 is 23.7 Å². The summed E-state index contributed by atoms with van der Waals surface area (Å²) in [4.78, 5) is 25.8. The predicted molar refractivity (Wildman–Crippen MR) is 118 cm³/mol. The molecule has 1 fully saturated rings. The van der Waals surface area contributed by atoms with E-state index in [1.165, 1.54) is 23.1 Å². The van der Waals surface area contributed by atoms with Crippen molar-refractivity contribution in [2.24, 2.45) is 0 Å². The van der Waals surface area contributed by atoms with Crippen molar-refractivity contribution in [3.8, 4) is 0 Å². The monoisotopic (exact) mass is 458 g/mol. The zero-order valence-electron chi connectivity index (χ0n) is 18.5. The molecule has 9 nitrogen and oxygen atoms in total. The standard InChI is InChI=1S/C20H32ClFN6O3/c1-12-10-16(23-8-9-28(5)19(30)31-20(2,3)4)26-17(24-12)27-18(29)25-13-6-7-15(22)14(21)11-13/h6-7,11-12,16-17,23-24,26H,8-10H2,1-5H3,(H2,25,27,29). The van der Waals surface area contributed by atoms with Crippen LogP contribution in [0.3, 0.4) is 0 Å². The molecule has 0 aliphatic carbocycles. The first-order chi connectivity index (χ1) is 14.4. The minimum Gasteiger partial charge on any atom is -0.444 e. The third kappa shape index (κ3) is 8.86. The number of nitrogens with zero attached hydrogens (tertiary/aromatic N) is 1. The summed E-state index contributed by atoms with van der Waals surface area (Å²) in [5, 5.41) is 15.1. The molecule has 0 saturated carbocycles. The zero-order chi connectivity index (χ0) is 23.2. The average molecular weight is 459 g/mol. The highest BCUT2D eigenvalue weighted by Gasteiger charge is 2.26. The van der Waals surface area contributed by atoms with Crippen molar-refractivity contribution in [1.29, 1.82) is 0 Å². The second kappa shape index (κ2) is 10.9. The number of rotatable bonds is 6. The summed E-state index contributed by atoms with van der Waals surface area (Å²) in [6, 6.07) is 3.62. The van der Waals surface area contributed by atoms with E-state index in [2.05, 4.69) is 26.6 Å². The minimum absolute atomic E-state index is 0.0686. The van der Waals surface area contributed by atoms with Crippen LogP contribution in [0.2, 0.25) is 5.02 Å². The number of anilines is 1. The van der Waals surface area contributed by atoms with Crippen LogP contribution < -0.4 is 26.6 Å². The molecule has 0 bridgehead atoms. The number of hydrogen-bond acceptors (Lipinski definition) is 6. The molecule has 3 amide bonds. The number of carbonyl (C=O) groups is 2. The van der Waals surface area contributed by atoms with Crippen molar-refractivity contribution in [3.63, 3.8) is 0 Å². The summed E-state index contributed by atoms with van der Waals surface area (Å²) in [6.45, 7) is 8.50. The number of urea groups is 1. The number of nitrogens with one attached hydrogen (secondary N) is 5. The fourth-order valence-electron chi connectivity index (χ4n) is 2.96. The van der Waals surface area contributed by atoms with Crippen molar-refractivity contribution < 1.29 is 18.7 Å². The number of carbonyl (C=O) groups excluding carboxylic acids is 2. The second-order valence-corrected chi connectivity index (χ2v) is 8.95. The van der Waals surface area contributed by atoms with E-state index in [4.69, 9.17) is 16.3 Å². The van der Waals surface area contributed by atoms with E-state index in [9.17, 15) is 14.0 Å². The molecule has 2 rings (SSSR count). The molecule has 3 unspecified atom stereocenters. The van der Waals surface area contributed by atoms with Gasteiger partial charge in [0.15, 0.2) is 0 Å². The van der Waals surface area contributed by atoms with Gasteiger partial charge in [0, 0.05) is 31.9 Å². The Morgan fingerprint density at radius 2 is 2.03 bits per heavy atom. The van der Waals surface area contributed by atoms with E-state index in [0.717, 1.165) is 6.42 Å². The molecule has 31 heavy (non-hydrogen) atoms. The summed E-state index contributed by atoms with van der Waals surface area (Å²) < 4.78 is 18.6. The molecule has 1 aromatic rings. The number of halogens is 2. The van der Waals surface area contributed by atoms with Gasteiger partial charge in [-0.3, -0.25) is 16.0 Å². The molecule has 1 aromatic carbocycles. The van der Waals surface area contributed by atoms with E-state index in [1.54, 1.807) is 7.05 Å². The number of benzene rings is 1. The van der Waals surface area contributed by atoms with Crippen LogP contribution in [0, 0.1) is 5.82 Å². The maximum Gasteiger partial charge on any atom is 0.410 e. The third-order valence-electron chi connectivity index (χ3n) is 4.40. The van der Waals surface area contributed by atoms with Gasteiger partial charge in [-0.2, -0.15) is 0 Å². The van der Waals surface area contributed by atoms with Crippen LogP contribution in [0.15, 0.2) is 18.2 Å². The lowest BCUT2D eigenvalue weighted by molar-refractivity contribution is 0.0297. The summed E-state index contributed by atoms with van der Waals surface area (Å²) in [6.07, 6.45) is -0.156. The largest absolute Gasteiger partial charge is 0.444 e. The number of amides is 3. The normalized spacial score (nSPS) is 21.3. The molecule has 1 aliphatic heterocycles. The number of hydrogen-bond donors (Lipinski definition) is 5. The maximum absolute atomic E-state index is 13.2. The third-order valence-corrected chi connectivity index (χ3v) is 4.69. The Balaban J connectivity index is 1.78. The lowest BCUT2D eigenvalue weighted by Crippen LogP contribution is -2.68. The molecule has 174 valence electrons. The van der Waals surface area contributed by atoms with Gasteiger partial charge in [-0.05, 0) is 52.3 Å². The Morgan fingerprint density at radius 1 is 1.32 bits per heavy atom. The average Bonchev–Trinajstić information content (AvgIpc) is 2.62. The summed E-state index contributed by atoms with van der Waals surface area (Å²) in [7, 11) is 1.69. The van der Waals surface area contributed by atoms with Gasteiger partial charge in [0.05, 0.1) is 11.2 Å². The molecule has 0 aromatic heterocycles. The van der Waals surface area contributed by atoms with Gasteiger partial charge < -0.3 is 20.3 Å². The topological polar surface area (TPSA) is 107 Å². The van der Waals surface area contributed by atoms with Crippen molar-refractivity contribution in [3.05, 3.63) is 29.0 Å². The van der Waals surface area contributed by atoms with Crippen LogP contribution in [0.25, 0.3) is 0 Å². The number of likely N-dealkylation sites (N-methyl/N-ethyl adjacent to an activating group) is 1. The Morgan fingerprint density at radius 3 is 2.68 bits per heavy atom. The molecule has 3 atom stereocenters. The first kappa shape index (κ1) is 25.1. The summed E-state index contributed by atoms with van der Waals surface area (Å²) in [5.74, 6) is -0.553. The van der Waals surface area contributed by atoms with Gasteiger partial charge in [0.2, 0.25) is 0 Å². The number of ether oxygens (including phenoxy) is 1. The van der Waals surface area contributed by atoms with Gasteiger partial charge >= 0.3 is 12.1 Å². The quantitative estimate of drug-likeness (QED) is 0.448. The highest BCUT2D eigenvalue weighted by atomic mass is 35.5. The summed E-state index contributed by atoms with van der Waals surface area (Å²) >= 11 is 5.74. The fourth-order valence-corrected chi connectivity index (χ4v) is 3.14. The lowest BCUT2D eigenvalue weighted by atomic mass is 10.1. The maximum atomic E-state index is 13.2. The van der Waals surface area contributed by atoms with Crippen LogP contribution in [0.4, 0.5) is 19.7 Å². The van der Waals surface area contributed by atoms with Crippen LogP contribution in [0.1, 0.15) is 34.1 Å². The molecule has 0 radical (unpaired) electrons. The van der Waals surface area contributed by atoms with Crippen molar-refractivity contribution in [1.82, 2.24) is 26.2 Å². The zero-order valence-corrected chi connectivity index (χ0v) is 19.3. The first-order valence-corrected chi connectivity index (χ1v) is 10.5. The highest BCUT2D eigenvalue weighted by molar-refractivity contribution is 6.31. The molecule has 1 heterocycles. The fraction of sp³-hybridized carbons (Fsp3) is 0.600. The van der Waals surface area contributed by atoms with Crippen molar-refractivity contribution in [2.45, 2.75) is 58.2 Å². The van der Waals surface area contributed by atoms with Gasteiger partial charge in [-0.25, -0.2) is 14.0 Å². The Labute approximate surface area is 187 Å². The van der Waals surface area contributed by atoms with Gasteiger partial charge in [0.1, 0.15) is 17.7 Å². The van der Waals surface area contributed by atoms with Gasteiger partial charge in [0.25, 0.3) is 0 Å². The van der Waals surface area contributed by atoms with Crippen LogP contribution in [-0.2, 0) is 4.74 Å².